The molecule has 2 aromatic carbocycles. The number of aliphatic hydroxyl groups is 1. The van der Waals surface area contributed by atoms with Gasteiger partial charge in [0.1, 0.15) is 0 Å². The van der Waals surface area contributed by atoms with Crippen LogP contribution in [-0.4, -0.2) is 39.3 Å². The number of anilines is 1. The molecule has 1 atom stereocenters. The first-order valence-corrected chi connectivity index (χ1v) is 11.2. The number of amides is 3. The average Bonchev–Trinajstić information content (AvgIpc) is 3.36. The van der Waals surface area contributed by atoms with Crippen LogP contribution in [0.15, 0.2) is 73.1 Å². The lowest BCUT2D eigenvalue weighted by molar-refractivity contribution is -0.117. The van der Waals surface area contributed by atoms with E-state index in [2.05, 4.69) is 10.3 Å². The molecule has 3 amide bonds. The number of benzene rings is 2. The van der Waals surface area contributed by atoms with Gasteiger partial charge in [-0.1, -0.05) is 36.4 Å². The highest BCUT2D eigenvalue weighted by molar-refractivity contribution is 7.22. The third kappa shape index (κ3) is 3.90. The van der Waals surface area contributed by atoms with Crippen molar-refractivity contribution in [1.29, 1.82) is 0 Å². The standard InChI is InChI=1S/C25H19N3O4S/c29-14-15-5-7-16(8-6-15)20(13-28-24(31)18-3-1-2-4-19(18)25(28)32)23(30)27-22-11-17-9-10-26-12-21(17)33-22/h1-12,20,29H,13-14H2,(H,27,30)/t20-/m1/s1. The summed E-state index contributed by atoms with van der Waals surface area (Å²) in [6.45, 7) is -0.214. The SMILES string of the molecule is O=C(Nc1cc2ccncc2s1)[C@H](CN1C(=O)c2ccccc2C1=O)c1ccc(CO)cc1. The molecular weight excluding hydrogens is 438 g/mol. The van der Waals surface area contributed by atoms with Crippen LogP contribution in [0.5, 0.6) is 0 Å². The molecule has 0 spiro atoms. The molecule has 0 saturated heterocycles. The van der Waals surface area contributed by atoms with E-state index in [0.29, 0.717) is 27.3 Å². The number of hydrogen-bond acceptors (Lipinski definition) is 6. The molecule has 0 saturated carbocycles. The van der Waals surface area contributed by atoms with Gasteiger partial charge >= 0.3 is 0 Å². The highest BCUT2D eigenvalue weighted by Crippen LogP contribution is 2.31. The quantitative estimate of drug-likeness (QED) is 0.429. The Morgan fingerprint density at radius 1 is 1.03 bits per heavy atom. The molecule has 7 nitrogen and oxygen atoms in total. The Balaban J connectivity index is 1.46. The molecule has 3 heterocycles. The number of pyridine rings is 1. The van der Waals surface area contributed by atoms with Gasteiger partial charge in [-0.3, -0.25) is 24.3 Å². The van der Waals surface area contributed by atoms with Crippen LogP contribution in [0.3, 0.4) is 0 Å². The van der Waals surface area contributed by atoms with Gasteiger partial charge in [0.15, 0.2) is 0 Å². The Morgan fingerprint density at radius 3 is 2.36 bits per heavy atom. The zero-order chi connectivity index (χ0) is 22.9. The minimum Gasteiger partial charge on any atom is -0.392 e. The maximum absolute atomic E-state index is 13.4. The first-order valence-electron chi connectivity index (χ1n) is 10.3. The number of carbonyl (C=O) groups is 3. The van der Waals surface area contributed by atoms with Crippen LogP contribution in [0, 0.1) is 0 Å². The van der Waals surface area contributed by atoms with Crippen molar-refractivity contribution in [3.05, 3.63) is 95.3 Å². The molecule has 0 fully saturated rings. The topological polar surface area (TPSA) is 99.6 Å². The fourth-order valence-electron chi connectivity index (χ4n) is 3.94. The minimum atomic E-state index is -0.789. The monoisotopic (exact) mass is 457 g/mol. The highest BCUT2D eigenvalue weighted by Gasteiger charge is 2.38. The van der Waals surface area contributed by atoms with Crippen molar-refractivity contribution >= 4 is 44.1 Å². The van der Waals surface area contributed by atoms with Crippen molar-refractivity contribution in [1.82, 2.24) is 9.88 Å². The second-order valence-electron chi connectivity index (χ2n) is 7.73. The van der Waals surface area contributed by atoms with Crippen LogP contribution in [0.1, 0.15) is 37.8 Å². The lowest BCUT2D eigenvalue weighted by Gasteiger charge is -2.22. The fourth-order valence-corrected chi connectivity index (χ4v) is 4.87. The summed E-state index contributed by atoms with van der Waals surface area (Å²) in [6.07, 6.45) is 3.42. The molecule has 1 aliphatic heterocycles. The molecular formula is C25H19N3O4S. The van der Waals surface area contributed by atoms with E-state index in [0.717, 1.165) is 15.0 Å². The molecule has 0 bridgehead atoms. The molecule has 0 aliphatic carbocycles. The van der Waals surface area contributed by atoms with Crippen molar-refractivity contribution in [2.24, 2.45) is 0 Å². The van der Waals surface area contributed by atoms with Gasteiger partial charge < -0.3 is 10.4 Å². The van der Waals surface area contributed by atoms with Crippen molar-refractivity contribution in [2.75, 3.05) is 11.9 Å². The van der Waals surface area contributed by atoms with Gasteiger partial charge in [-0.2, -0.15) is 0 Å². The van der Waals surface area contributed by atoms with E-state index < -0.39 is 17.7 Å². The molecule has 0 radical (unpaired) electrons. The van der Waals surface area contributed by atoms with Gasteiger partial charge in [0, 0.05) is 18.9 Å². The average molecular weight is 458 g/mol. The summed E-state index contributed by atoms with van der Waals surface area (Å²) in [5.74, 6) is -1.94. The first kappa shape index (κ1) is 21.0. The molecule has 164 valence electrons. The number of aromatic nitrogens is 1. The third-order valence-electron chi connectivity index (χ3n) is 5.69. The maximum Gasteiger partial charge on any atom is 0.261 e. The summed E-state index contributed by atoms with van der Waals surface area (Å²) >= 11 is 1.40. The Labute approximate surface area is 193 Å². The number of carbonyl (C=O) groups excluding carboxylic acids is 3. The number of aliphatic hydroxyl groups excluding tert-OH is 1. The number of nitrogens with one attached hydrogen (secondary N) is 1. The van der Waals surface area contributed by atoms with Crippen molar-refractivity contribution in [3.8, 4) is 0 Å². The Kier molecular flexibility index (Phi) is 5.45. The van der Waals surface area contributed by atoms with E-state index in [1.807, 2.05) is 12.1 Å². The Bertz CT molecular complexity index is 1310. The number of hydrogen-bond donors (Lipinski definition) is 2. The lowest BCUT2D eigenvalue weighted by Crippen LogP contribution is -2.38. The predicted molar refractivity (Wildman–Crippen MR) is 125 cm³/mol. The zero-order valence-corrected chi connectivity index (χ0v) is 18.2. The molecule has 2 aromatic heterocycles. The molecule has 5 rings (SSSR count). The predicted octanol–water partition coefficient (Wildman–Crippen LogP) is 3.81. The third-order valence-corrected chi connectivity index (χ3v) is 6.69. The van der Waals surface area contributed by atoms with E-state index in [1.54, 1.807) is 60.9 Å². The van der Waals surface area contributed by atoms with Gasteiger partial charge in [-0.15, -0.1) is 11.3 Å². The normalized spacial score (nSPS) is 13.9. The maximum atomic E-state index is 13.4. The van der Waals surface area contributed by atoms with E-state index in [1.165, 1.54) is 11.3 Å². The van der Waals surface area contributed by atoms with Gasteiger partial charge in [0.05, 0.1) is 33.4 Å². The first-order chi connectivity index (χ1) is 16.0. The van der Waals surface area contributed by atoms with Gasteiger partial charge in [0.25, 0.3) is 11.8 Å². The second kappa shape index (κ2) is 8.57. The summed E-state index contributed by atoms with van der Waals surface area (Å²) < 4.78 is 0.942. The Morgan fingerprint density at radius 2 is 1.73 bits per heavy atom. The number of thiophene rings is 1. The van der Waals surface area contributed by atoms with Gasteiger partial charge in [-0.25, -0.2) is 0 Å². The number of rotatable bonds is 6. The van der Waals surface area contributed by atoms with Crippen LogP contribution in [0.2, 0.25) is 0 Å². The number of nitrogens with zero attached hydrogens (tertiary/aromatic N) is 2. The number of fused-ring (bicyclic) bond motifs is 2. The van der Waals surface area contributed by atoms with Crippen LogP contribution in [0.4, 0.5) is 5.00 Å². The zero-order valence-electron chi connectivity index (χ0n) is 17.4. The van der Waals surface area contributed by atoms with E-state index in [4.69, 9.17) is 0 Å². The summed E-state index contributed by atoms with van der Waals surface area (Å²) in [5.41, 5.74) is 2.03. The van der Waals surface area contributed by atoms with Gasteiger partial charge in [0.2, 0.25) is 5.91 Å². The van der Waals surface area contributed by atoms with E-state index >= 15 is 0 Å². The van der Waals surface area contributed by atoms with E-state index in [-0.39, 0.29) is 19.1 Å². The van der Waals surface area contributed by atoms with E-state index in [9.17, 15) is 19.5 Å². The van der Waals surface area contributed by atoms with Crippen LogP contribution >= 0.6 is 11.3 Å². The summed E-state index contributed by atoms with van der Waals surface area (Å²) in [6, 6.07) is 17.3. The number of imide groups is 1. The molecule has 0 unspecified atom stereocenters. The molecule has 1 aliphatic rings. The summed E-state index contributed by atoms with van der Waals surface area (Å²) in [7, 11) is 0. The van der Waals surface area contributed by atoms with Crippen molar-refractivity contribution in [2.45, 2.75) is 12.5 Å². The summed E-state index contributed by atoms with van der Waals surface area (Å²) in [5, 5.41) is 13.9. The van der Waals surface area contributed by atoms with Gasteiger partial charge in [-0.05, 0) is 40.8 Å². The molecule has 2 N–H and O–H groups in total. The summed E-state index contributed by atoms with van der Waals surface area (Å²) in [4.78, 5) is 44.4. The molecule has 4 aromatic rings. The fraction of sp³-hybridized carbons (Fsp3) is 0.120. The largest absolute Gasteiger partial charge is 0.392 e. The van der Waals surface area contributed by atoms with Crippen LogP contribution in [-0.2, 0) is 11.4 Å². The molecule has 33 heavy (non-hydrogen) atoms. The van der Waals surface area contributed by atoms with Crippen molar-refractivity contribution < 1.29 is 19.5 Å². The van der Waals surface area contributed by atoms with Crippen LogP contribution < -0.4 is 5.32 Å². The highest BCUT2D eigenvalue weighted by atomic mass is 32.1. The van der Waals surface area contributed by atoms with Crippen LogP contribution in [0.25, 0.3) is 10.1 Å². The molecule has 8 heteroatoms. The minimum absolute atomic E-state index is 0.0941. The second-order valence-corrected chi connectivity index (χ2v) is 8.82. The van der Waals surface area contributed by atoms with Crippen molar-refractivity contribution in [3.63, 3.8) is 0 Å². The smallest absolute Gasteiger partial charge is 0.261 e. The lowest BCUT2D eigenvalue weighted by atomic mass is 9.96. The Hall–Kier alpha value is -3.88.